The number of benzene rings is 1. The van der Waals surface area contributed by atoms with E-state index in [1.165, 1.54) is 14.7 Å². The molecule has 0 amide bonds. The first kappa shape index (κ1) is 20.2. The first-order valence-electron chi connectivity index (χ1n) is 10.2. The van der Waals surface area contributed by atoms with Gasteiger partial charge in [0.15, 0.2) is 11.2 Å². The predicted molar refractivity (Wildman–Crippen MR) is 116 cm³/mol. The molecule has 4 rings (SSSR count). The van der Waals surface area contributed by atoms with Crippen molar-refractivity contribution >= 4 is 16.9 Å². The van der Waals surface area contributed by atoms with E-state index in [2.05, 4.69) is 16.7 Å². The number of fused-ring (bicyclic) bond motifs is 3. The van der Waals surface area contributed by atoms with E-state index in [9.17, 15) is 9.59 Å². The van der Waals surface area contributed by atoms with Crippen LogP contribution in [0.25, 0.3) is 16.9 Å². The maximum Gasteiger partial charge on any atom is 0.332 e. The Kier molecular flexibility index (Phi) is 5.34. The van der Waals surface area contributed by atoms with Crippen LogP contribution in [0.2, 0.25) is 0 Å². The summed E-state index contributed by atoms with van der Waals surface area (Å²) in [5.41, 5.74) is 3.38. The fourth-order valence-electron chi connectivity index (χ4n) is 3.97. The molecular formula is C22H27N5O3. The molecule has 4 aromatic rings. The molecule has 3 heterocycles. The molecule has 1 aromatic carbocycles. The van der Waals surface area contributed by atoms with Gasteiger partial charge < -0.3 is 9.30 Å². The predicted octanol–water partition coefficient (Wildman–Crippen LogP) is 2.05. The highest BCUT2D eigenvalue weighted by Gasteiger charge is 2.22. The molecule has 8 heteroatoms. The van der Waals surface area contributed by atoms with Crippen molar-refractivity contribution in [2.45, 2.75) is 40.3 Å². The first-order chi connectivity index (χ1) is 14.5. The Morgan fingerprint density at radius 1 is 1.00 bits per heavy atom. The molecule has 0 bridgehead atoms. The summed E-state index contributed by atoms with van der Waals surface area (Å²) >= 11 is 0. The van der Waals surface area contributed by atoms with Crippen molar-refractivity contribution < 1.29 is 4.74 Å². The Labute approximate surface area is 174 Å². The highest BCUT2D eigenvalue weighted by Crippen LogP contribution is 2.21. The van der Waals surface area contributed by atoms with E-state index in [-0.39, 0.29) is 17.8 Å². The molecule has 8 nitrogen and oxygen atoms in total. The van der Waals surface area contributed by atoms with E-state index >= 15 is 0 Å². The van der Waals surface area contributed by atoms with Crippen molar-refractivity contribution in [1.82, 2.24) is 23.1 Å². The Morgan fingerprint density at radius 2 is 1.73 bits per heavy atom. The molecule has 158 valence electrons. The normalized spacial score (nSPS) is 11.7. The summed E-state index contributed by atoms with van der Waals surface area (Å²) < 4.78 is 12.0. The van der Waals surface area contributed by atoms with Gasteiger partial charge in [-0.1, -0.05) is 30.3 Å². The van der Waals surface area contributed by atoms with Crippen LogP contribution in [0.5, 0.6) is 0 Å². The second-order valence-corrected chi connectivity index (χ2v) is 7.47. The van der Waals surface area contributed by atoms with Gasteiger partial charge in [-0.15, -0.1) is 0 Å². The third kappa shape index (κ3) is 3.17. The van der Waals surface area contributed by atoms with Crippen molar-refractivity contribution in [3.8, 4) is 0 Å². The molecule has 30 heavy (non-hydrogen) atoms. The number of aryl methyl sites for hydroxylation is 4. The summed E-state index contributed by atoms with van der Waals surface area (Å²) in [6.07, 6.45) is 0.853. The monoisotopic (exact) mass is 409 g/mol. The van der Waals surface area contributed by atoms with Crippen LogP contribution in [0.3, 0.4) is 0 Å². The van der Waals surface area contributed by atoms with Crippen LogP contribution in [-0.4, -0.2) is 36.3 Å². The zero-order valence-corrected chi connectivity index (χ0v) is 17.9. The molecule has 0 fully saturated rings. The number of imidazole rings is 2. The number of hydrogen-bond donors (Lipinski definition) is 0. The lowest BCUT2D eigenvalue weighted by molar-refractivity contribution is 0.137. The molecule has 0 N–H and O–H groups in total. The number of ether oxygens (including phenoxy) is 1. The molecular weight excluding hydrogens is 382 g/mol. The standard InChI is InChI=1S/C22H27N5O3/c1-5-30-14-13-26-20(28)18-19(24(4)22(26)29)23-21-25(15(2)16(3)27(18)21)12-11-17-9-7-6-8-10-17/h6-10H,5,11-14H2,1-4H3. The van der Waals surface area contributed by atoms with Crippen LogP contribution in [0.15, 0.2) is 39.9 Å². The molecule has 0 spiro atoms. The Balaban J connectivity index is 1.88. The quantitative estimate of drug-likeness (QED) is 0.438. The molecule has 0 atom stereocenters. The summed E-state index contributed by atoms with van der Waals surface area (Å²) in [6, 6.07) is 10.3. The van der Waals surface area contributed by atoms with Crippen LogP contribution in [0.4, 0.5) is 0 Å². The van der Waals surface area contributed by atoms with Gasteiger partial charge in [0.1, 0.15) is 0 Å². The largest absolute Gasteiger partial charge is 0.380 e. The Bertz CT molecular complexity index is 1320. The van der Waals surface area contributed by atoms with Gasteiger partial charge >= 0.3 is 5.69 Å². The molecule has 0 aliphatic rings. The first-order valence-corrected chi connectivity index (χ1v) is 10.2. The van der Waals surface area contributed by atoms with E-state index in [4.69, 9.17) is 9.72 Å². The molecule has 0 aliphatic carbocycles. The number of nitrogens with zero attached hydrogens (tertiary/aromatic N) is 5. The van der Waals surface area contributed by atoms with Gasteiger partial charge in [0.05, 0.1) is 13.2 Å². The van der Waals surface area contributed by atoms with Crippen LogP contribution < -0.4 is 11.2 Å². The third-order valence-corrected chi connectivity index (χ3v) is 5.76. The SMILES string of the molecule is CCOCCn1c(=O)c2c(nc3n(CCc4ccccc4)c(C)c(C)n23)n(C)c1=O. The number of aromatic nitrogens is 5. The molecule has 0 unspecified atom stereocenters. The van der Waals surface area contributed by atoms with Crippen molar-refractivity contribution in [1.29, 1.82) is 0 Å². The maximum absolute atomic E-state index is 13.2. The second-order valence-electron chi connectivity index (χ2n) is 7.47. The van der Waals surface area contributed by atoms with Crippen LogP contribution in [-0.2, 0) is 31.3 Å². The van der Waals surface area contributed by atoms with E-state index < -0.39 is 0 Å². The average molecular weight is 409 g/mol. The van der Waals surface area contributed by atoms with Gasteiger partial charge in [-0.05, 0) is 32.8 Å². The highest BCUT2D eigenvalue weighted by atomic mass is 16.5. The summed E-state index contributed by atoms with van der Waals surface area (Å²) in [6.45, 7) is 7.72. The van der Waals surface area contributed by atoms with E-state index in [1.807, 2.05) is 43.4 Å². The van der Waals surface area contributed by atoms with E-state index in [0.717, 1.165) is 24.4 Å². The minimum Gasteiger partial charge on any atom is -0.380 e. The van der Waals surface area contributed by atoms with Gasteiger partial charge in [-0.3, -0.25) is 18.3 Å². The molecule has 0 saturated carbocycles. The minimum absolute atomic E-state index is 0.218. The lowest BCUT2D eigenvalue weighted by atomic mass is 10.1. The molecule has 0 radical (unpaired) electrons. The minimum atomic E-state index is -0.377. The van der Waals surface area contributed by atoms with Gasteiger partial charge in [-0.25, -0.2) is 4.79 Å². The van der Waals surface area contributed by atoms with Crippen molar-refractivity contribution in [2.24, 2.45) is 7.05 Å². The molecule has 3 aromatic heterocycles. The van der Waals surface area contributed by atoms with Gasteiger partial charge in [0, 0.05) is 31.6 Å². The topological polar surface area (TPSA) is 75.5 Å². The smallest absolute Gasteiger partial charge is 0.332 e. The second kappa shape index (κ2) is 7.95. The third-order valence-electron chi connectivity index (χ3n) is 5.76. The van der Waals surface area contributed by atoms with Gasteiger partial charge in [0.2, 0.25) is 5.78 Å². The summed E-state index contributed by atoms with van der Waals surface area (Å²) in [4.78, 5) is 30.7. The van der Waals surface area contributed by atoms with Crippen LogP contribution in [0.1, 0.15) is 23.9 Å². The zero-order chi connectivity index (χ0) is 21.4. The van der Waals surface area contributed by atoms with E-state index in [1.54, 1.807) is 7.05 Å². The highest BCUT2D eigenvalue weighted by molar-refractivity contribution is 5.76. The number of rotatable bonds is 7. The molecule has 0 aliphatic heterocycles. The summed E-state index contributed by atoms with van der Waals surface area (Å²) in [5.74, 6) is 0.686. The number of hydrogen-bond acceptors (Lipinski definition) is 4. The van der Waals surface area contributed by atoms with Gasteiger partial charge in [-0.2, -0.15) is 4.98 Å². The van der Waals surface area contributed by atoms with Crippen molar-refractivity contribution in [3.05, 3.63) is 68.1 Å². The van der Waals surface area contributed by atoms with Crippen molar-refractivity contribution in [3.63, 3.8) is 0 Å². The van der Waals surface area contributed by atoms with Crippen LogP contribution >= 0.6 is 0 Å². The summed E-state index contributed by atoms with van der Waals surface area (Å²) in [5, 5.41) is 0. The maximum atomic E-state index is 13.2. The molecule has 0 saturated heterocycles. The fourth-order valence-corrected chi connectivity index (χ4v) is 3.97. The lowest BCUT2D eigenvalue weighted by Crippen LogP contribution is -2.40. The lowest BCUT2D eigenvalue weighted by Gasteiger charge is -2.08. The summed E-state index contributed by atoms with van der Waals surface area (Å²) in [7, 11) is 1.66. The Hall–Kier alpha value is -3.13. The fraction of sp³-hybridized carbons (Fsp3) is 0.409. The Morgan fingerprint density at radius 3 is 2.43 bits per heavy atom. The zero-order valence-electron chi connectivity index (χ0n) is 17.9. The van der Waals surface area contributed by atoms with Gasteiger partial charge in [0.25, 0.3) is 5.56 Å². The average Bonchev–Trinajstić information content (AvgIpc) is 3.24. The van der Waals surface area contributed by atoms with Crippen molar-refractivity contribution in [2.75, 3.05) is 13.2 Å². The van der Waals surface area contributed by atoms with Crippen LogP contribution in [0, 0.1) is 13.8 Å². The van der Waals surface area contributed by atoms with E-state index in [0.29, 0.717) is 30.2 Å².